The molecule has 0 saturated carbocycles. The average Bonchev–Trinajstić information content (AvgIpc) is 0.766. The highest BCUT2D eigenvalue weighted by molar-refractivity contribution is 5.74. The van der Waals surface area contributed by atoms with Gasteiger partial charge in [0.2, 0.25) is 23.6 Å². The number of carbonyl (C=O) groups is 4. The number of nitrogens with one attached hydrogen (secondary N) is 4. The predicted octanol–water partition coefficient (Wildman–Crippen LogP) is -21.2. The van der Waals surface area contributed by atoms with E-state index in [2.05, 4.69) is 21.3 Å². The summed E-state index contributed by atoms with van der Waals surface area (Å²) in [6, 6.07) is -7.63. The van der Waals surface area contributed by atoms with Crippen molar-refractivity contribution >= 4 is 23.6 Å². The van der Waals surface area contributed by atoms with E-state index < -0.39 is 390 Å². The van der Waals surface area contributed by atoms with Gasteiger partial charge in [0.15, 0.2) is 62.9 Å². The summed E-state index contributed by atoms with van der Waals surface area (Å²) in [5.41, 5.74) is 0. The Hall–Kier alpha value is -3.96. The Kier molecular flexibility index (Phi) is 35.8. The van der Waals surface area contributed by atoms with Crippen molar-refractivity contribution in [2.45, 2.75) is 341 Å². The zero-order valence-corrected chi connectivity index (χ0v) is 65.7. The first kappa shape index (κ1) is 100. The van der Waals surface area contributed by atoms with Crippen molar-refractivity contribution in [3.8, 4) is 0 Å². The van der Waals surface area contributed by atoms with Crippen molar-refractivity contribution in [1.29, 1.82) is 0 Å². The third-order valence-corrected chi connectivity index (χ3v) is 22.4. The van der Waals surface area contributed by atoms with Gasteiger partial charge >= 0.3 is 0 Å². The predicted molar refractivity (Wildman–Crippen MR) is 375 cm³/mol. The van der Waals surface area contributed by atoms with Gasteiger partial charge in [0.25, 0.3) is 0 Å². The molecule has 0 radical (unpaired) electrons. The summed E-state index contributed by atoms with van der Waals surface area (Å²) in [6.45, 7) is -5.23. The van der Waals surface area contributed by atoms with Crippen LogP contribution in [0.4, 0.5) is 0 Å². The van der Waals surface area contributed by atoms with E-state index in [1.165, 1.54) is 6.92 Å². The van der Waals surface area contributed by atoms with Crippen LogP contribution in [0, 0.1) is 0 Å². The standard InChI is InChI=1S/C68H114N4O50/c1-15-33(85)42(94)47(99)63(105-15)119-55-32(72-19(5)84)62(113-27(13-80)54(55)118-65-49(101)44(96)35(87)21(7-74)108-65)122-58-46(98)37(89)23(9-76)110-68(58)120-56-38(90)28(114-66(50(56)102)117-53-26(12-79)111-60(30(40(53)92)70-17(3)82)115-51-24(10-77)106-59(103)29(39(51)91)69-16(2)81)14-104-67-57(45(97)36(88)22(8-75)109-67)121-61-31(71-18(4)83)41(93)52(25(11-78)112-61)116-64-48(100)43(95)34(86)20(6-73)107-64/h15,20-68,73-80,85-103H,6-14H2,1-5H3,(H,69,81)(H,70,82)(H,71,83)(H,72,84)/t15-,20+,21+,22+,23+,24+,25+,26+,27+,28+,29+,30+,31+,32+,33+,34-,35-,36+,37+,38+,39+,40+,41+,42+,43-,44-,45-,46-,47-,48+,49+,50-,51+,52+,53+,54+,55+,56-,57-,58-,59?,60-,61-,62-,63-,64-,65-,66-,67-,68+/m0/s1. The van der Waals surface area contributed by atoms with Gasteiger partial charge in [-0.2, -0.15) is 0 Å². The lowest BCUT2D eigenvalue weighted by Gasteiger charge is -2.52. The van der Waals surface area contributed by atoms with E-state index in [1.807, 2.05) is 0 Å². The van der Waals surface area contributed by atoms with Gasteiger partial charge in [0, 0.05) is 27.7 Å². The zero-order chi connectivity index (χ0) is 89.8. The minimum Gasteiger partial charge on any atom is -0.394 e. The normalized spacial score (nSPS) is 49.7. The topological polar surface area (TPSA) is 838 Å². The van der Waals surface area contributed by atoms with E-state index in [9.17, 15) is 157 Å². The van der Waals surface area contributed by atoms with Crippen molar-refractivity contribution in [1.82, 2.24) is 21.3 Å². The number of rotatable bonds is 31. The van der Waals surface area contributed by atoms with E-state index in [1.54, 1.807) is 0 Å². The van der Waals surface area contributed by atoms with E-state index in [4.69, 9.17) is 90.0 Å². The number of carbonyl (C=O) groups excluding carboxylic acids is 4. The first-order valence-electron chi connectivity index (χ1n) is 39.0. The summed E-state index contributed by atoms with van der Waals surface area (Å²) < 4.78 is 114. The molecule has 4 amide bonds. The SMILES string of the molecule is CC(=O)N[C@H]1[C@H](O[C@H]2[C@H](O)[C@@H](NC(C)=O)C(O)O[C@@H]2CO)O[C@H](CO)[C@@H](O[C@@H]2O[C@H](CO[C@H]3O[C@H](CO)[C@@H](O)[C@H](O)[C@@H]3O[C@@H]3O[C@H](CO)[C@@H](O[C@@H]4O[C@H](CO)[C@H](O)[C@H](O)[C@H]4O)[C@H](O)[C@H]3NC(C)=O)[C@@H](O)[C@H](O[C@H]3O[C@H](CO)[C@@H](O)[C@H](O)[C@@H]3O[C@@H]3O[C@H](CO)[C@@H](O[C@@H]4O[C@H](CO)[C@H](O)[C@H](O)[C@H]4O)[C@H](O[C@@H]4O[C@@H](C)[C@@H](O)[C@@H](O)[C@@H]4O)[C@H]3NC(C)=O)[C@@H]2O)[C@@H]1O. The molecule has 10 heterocycles. The van der Waals surface area contributed by atoms with Gasteiger partial charge in [0.1, 0.15) is 238 Å². The highest BCUT2D eigenvalue weighted by Crippen LogP contribution is 2.41. The average molecular weight is 1790 g/mol. The first-order chi connectivity index (χ1) is 57.7. The van der Waals surface area contributed by atoms with Crippen LogP contribution in [0.5, 0.6) is 0 Å². The van der Waals surface area contributed by atoms with Gasteiger partial charge in [-0.25, -0.2) is 0 Å². The number of aliphatic hydroxyl groups excluding tert-OH is 27. The smallest absolute Gasteiger partial charge is 0.217 e. The lowest BCUT2D eigenvalue weighted by molar-refractivity contribution is -0.403. The van der Waals surface area contributed by atoms with Crippen LogP contribution in [0.15, 0.2) is 0 Å². The van der Waals surface area contributed by atoms with Crippen LogP contribution in [0.25, 0.3) is 0 Å². The first-order valence-corrected chi connectivity index (χ1v) is 39.0. The fraction of sp³-hybridized carbons (Fsp3) is 0.941. The molecule has 54 heteroatoms. The molecular weight excluding hydrogens is 1670 g/mol. The highest BCUT2D eigenvalue weighted by atomic mass is 16.8. The Labute approximate surface area is 691 Å². The monoisotopic (exact) mass is 1790 g/mol. The molecule has 54 nitrogen and oxygen atoms in total. The van der Waals surface area contributed by atoms with Gasteiger partial charge in [0.05, 0.1) is 65.6 Å². The summed E-state index contributed by atoms with van der Waals surface area (Å²) in [5.74, 6) is -3.75. The Morgan fingerprint density at radius 3 is 0.934 bits per heavy atom. The van der Waals surface area contributed by atoms with Gasteiger partial charge in [-0.3, -0.25) is 19.2 Å². The van der Waals surface area contributed by atoms with E-state index in [-0.39, 0.29) is 0 Å². The molecule has 10 aliphatic heterocycles. The van der Waals surface area contributed by atoms with Gasteiger partial charge < -0.3 is 249 Å². The lowest BCUT2D eigenvalue weighted by atomic mass is 9.93. The maximum absolute atomic E-state index is 13.5. The van der Waals surface area contributed by atoms with Crippen LogP contribution in [0.2, 0.25) is 0 Å². The second-order valence-electron chi connectivity index (χ2n) is 31.0. The second-order valence-corrected chi connectivity index (χ2v) is 31.0. The Morgan fingerprint density at radius 1 is 0.230 bits per heavy atom. The number of hydrogen-bond donors (Lipinski definition) is 31. The Morgan fingerprint density at radius 2 is 0.508 bits per heavy atom. The molecule has 706 valence electrons. The van der Waals surface area contributed by atoms with Crippen molar-refractivity contribution < 1.29 is 247 Å². The van der Waals surface area contributed by atoms with Crippen molar-refractivity contribution in [3.63, 3.8) is 0 Å². The molecule has 10 saturated heterocycles. The molecule has 10 fully saturated rings. The third kappa shape index (κ3) is 21.9. The Bertz CT molecular complexity index is 3290. The van der Waals surface area contributed by atoms with Crippen molar-refractivity contribution in [2.24, 2.45) is 0 Å². The molecule has 0 aromatic heterocycles. The zero-order valence-electron chi connectivity index (χ0n) is 65.7. The maximum atomic E-state index is 13.5. The third-order valence-electron chi connectivity index (χ3n) is 22.4. The fourth-order valence-electron chi connectivity index (χ4n) is 15.9. The molecule has 10 aliphatic rings. The summed E-state index contributed by atoms with van der Waals surface area (Å²) >= 11 is 0. The molecule has 0 aromatic rings. The molecule has 0 aromatic carbocycles. The molecule has 0 bridgehead atoms. The molecule has 0 aliphatic carbocycles. The van der Waals surface area contributed by atoms with Crippen molar-refractivity contribution in [2.75, 3.05) is 59.5 Å². The fourth-order valence-corrected chi connectivity index (χ4v) is 15.9. The largest absolute Gasteiger partial charge is 0.394 e. The summed E-state index contributed by atoms with van der Waals surface area (Å²) in [5, 5.41) is 311. The van der Waals surface area contributed by atoms with Gasteiger partial charge in [-0.05, 0) is 6.92 Å². The summed E-state index contributed by atoms with van der Waals surface area (Å²) in [7, 11) is 0. The molecule has 50 atom stereocenters. The number of aliphatic hydroxyl groups is 27. The Balaban J connectivity index is 1.01. The molecule has 31 N–H and O–H groups in total. The van der Waals surface area contributed by atoms with Crippen LogP contribution in [-0.4, -0.2) is 528 Å². The molecular formula is C68H114N4O50. The van der Waals surface area contributed by atoms with E-state index in [0.29, 0.717) is 0 Å². The number of hydrogen-bond acceptors (Lipinski definition) is 50. The highest BCUT2D eigenvalue weighted by Gasteiger charge is 2.62. The van der Waals surface area contributed by atoms with Crippen LogP contribution < -0.4 is 21.3 Å². The van der Waals surface area contributed by atoms with Crippen LogP contribution in [-0.2, 0) is 109 Å². The second kappa shape index (κ2) is 43.6. The van der Waals surface area contributed by atoms with E-state index >= 15 is 0 Å². The minimum atomic E-state index is -2.64. The van der Waals surface area contributed by atoms with Crippen LogP contribution in [0.1, 0.15) is 34.6 Å². The van der Waals surface area contributed by atoms with Crippen molar-refractivity contribution in [3.05, 3.63) is 0 Å². The number of ether oxygens (including phenoxy) is 19. The maximum Gasteiger partial charge on any atom is 0.217 e. The minimum absolute atomic E-state index is 0.803. The molecule has 10 rings (SSSR count). The lowest BCUT2D eigenvalue weighted by Crippen LogP contribution is -2.71. The summed E-state index contributed by atoms with van der Waals surface area (Å²) in [6.07, 6.45) is -97.0. The van der Waals surface area contributed by atoms with E-state index in [0.717, 1.165) is 27.7 Å². The van der Waals surface area contributed by atoms with Crippen LogP contribution >= 0.6 is 0 Å². The quantitative estimate of drug-likeness (QED) is 0.0306. The molecule has 0 spiro atoms. The molecule has 1 unspecified atom stereocenters. The molecule has 122 heavy (non-hydrogen) atoms. The summed E-state index contributed by atoms with van der Waals surface area (Å²) in [4.78, 5) is 51.8. The van der Waals surface area contributed by atoms with Gasteiger partial charge in [-0.1, -0.05) is 0 Å². The van der Waals surface area contributed by atoms with Gasteiger partial charge in [-0.15, -0.1) is 0 Å². The van der Waals surface area contributed by atoms with Crippen LogP contribution in [0.3, 0.4) is 0 Å². The number of amides is 4.